The largest absolute Gasteiger partial charge is 0.507 e. The second-order valence-electron chi connectivity index (χ2n) is 13.0. The maximum absolute atomic E-state index is 14.0. The van der Waals surface area contributed by atoms with Gasteiger partial charge in [0.1, 0.15) is 42.2 Å². The monoisotopic (exact) mass is 784 g/mol. The van der Waals surface area contributed by atoms with Gasteiger partial charge in [-0.05, 0) is 29.8 Å². The Balaban J connectivity index is 1.42. The van der Waals surface area contributed by atoms with E-state index in [9.17, 15) is 70.9 Å². The van der Waals surface area contributed by atoms with Crippen LogP contribution in [0.4, 0.5) is 0 Å². The summed E-state index contributed by atoms with van der Waals surface area (Å²) < 4.78 is 28.4. The Morgan fingerprint density at radius 3 is 1.84 bits per heavy atom. The van der Waals surface area contributed by atoms with Crippen molar-refractivity contribution in [3.8, 4) is 74.4 Å². The second kappa shape index (κ2) is 14.9. The predicted octanol–water partition coefficient (Wildman–Crippen LogP) is 1.78. The smallest absolute Gasteiger partial charge is 0.339 e. The van der Waals surface area contributed by atoms with Crippen LogP contribution in [0.5, 0.6) is 63.2 Å². The molecule has 2 heterocycles. The van der Waals surface area contributed by atoms with Crippen LogP contribution in [0.15, 0.2) is 36.4 Å². The van der Waals surface area contributed by atoms with E-state index in [1.165, 1.54) is 19.2 Å². The van der Waals surface area contributed by atoms with E-state index in [2.05, 4.69) is 0 Å². The molecule has 4 unspecified atom stereocenters. The SMILES string of the molecule is CO[C@H](Cc1c(O)cc(O)c2c1OC(c1ccc(O)c(O)c1)C(O)C2)[C@@H](OC)C1OC(=O)c2cc(O)c(O)c(O)c2-c2c(cc(O)c(O)c2O)C(=O)OCC1O. The highest BCUT2D eigenvalue weighted by atomic mass is 16.6. The van der Waals surface area contributed by atoms with Crippen LogP contribution in [-0.4, -0.2) is 125 Å². The molecule has 6 rings (SSSR count). The van der Waals surface area contributed by atoms with E-state index in [0.717, 1.165) is 19.2 Å². The van der Waals surface area contributed by atoms with E-state index >= 15 is 0 Å². The van der Waals surface area contributed by atoms with Gasteiger partial charge in [0.2, 0.25) is 11.5 Å². The highest BCUT2D eigenvalue weighted by molar-refractivity contribution is 6.08. The number of hydrogen-bond acceptors (Lipinski definition) is 19. The number of cyclic esters (lactones) is 2. The molecular formula is C37H36O19. The number of aromatic hydroxyl groups is 10. The summed E-state index contributed by atoms with van der Waals surface area (Å²) in [6.45, 7) is -0.963. The fourth-order valence-corrected chi connectivity index (χ4v) is 6.82. The van der Waals surface area contributed by atoms with Gasteiger partial charge in [-0.25, -0.2) is 9.59 Å². The van der Waals surface area contributed by atoms with Gasteiger partial charge in [0.15, 0.2) is 40.6 Å². The maximum atomic E-state index is 14.0. The quantitative estimate of drug-likeness (QED) is 0.0938. The molecule has 0 bridgehead atoms. The Hall–Kier alpha value is -6.54. The lowest BCUT2D eigenvalue weighted by molar-refractivity contribution is -0.140. The number of carbonyl (C=O) groups excluding carboxylic acids is 2. The van der Waals surface area contributed by atoms with Gasteiger partial charge >= 0.3 is 11.9 Å². The zero-order valence-corrected chi connectivity index (χ0v) is 29.3. The van der Waals surface area contributed by atoms with Crippen molar-refractivity contribution in [2.75, 3.05) is 20.8 Å². The van der Waals surface area contributed by atoms with Crippen molar-refractivity contribution in [3.63, 3.8) is 0 Å². The second-order valence-corrected chi connectivity index (χ2v) is 13.0. The molecule has 298 valence electrons. The Morgan fingerprint density at radius 1 is 0.661 bits per heavy atom. The number of aliphatic hydroxyl groups is 2. The highest BCUT2D eigenvalue weighted by Gasteiger charge is 2.43. The van der Waals surface area contributed by atoms with Gasteiger partial charge in [0.25, 0.3) is 0 Å². The third kappa shape index (κ3) is 6.72. The van der Waals surface area contributed by atoms with Crippen molar-refractivity contribution in [1.29, 1.82) is 0 Å². The van der Waals surface area contributed by atoms with Gasteiger partial charge in [0, 0.05) is 55.4 Å². The maximum Gasteiger partial charge on any atom is 0.339 e. The molecule has 19 nitrogen and oxygen atoms in total. The molecule has 0 spiro atoms. The third-order valence-corrected chi connectivity index (χ3v) is 9.65. The molecule has 0 radical (unpaired) electrons. The van der Waals surface area contributed by atoms with Crippen molar-refractivity contribution in [2.45, 2.75) is 49.5 Å². The standard InChI is InChI=1S/C37H36O19/c1-52-25(9-14-19(40)10-18(39)13-6-23(44)32(55-33(13)14)12-3-4-17(38)20(41)5-12)35(53-2)34-24(45)11-54-36(50)15-7-21(42)28(46)30(48)26(15)27-16(37(51)56-34)8-22(43)29(47)31(27)49/h3-5,7-8,10,23-25,32,34-35,38-49H,6,9,11H2,1-2H3/t23?,24?,25-,32?,34?,35-/m1/s1. The summed E-state index contributed by atoms with van der Waals surface area (Å²) >= 11 is 0. The number of rotatable bonds is 7. The summed E-state index contributed by atoms with van der Waals surface area (Å²) in [4.78, 5) is 27.4. The average Bonchev–Trinajstić information content (AvgIpc) is 3.17. The summed E-state index contributed by atoms with van der Waals surface area (Å²) in [5.74, 6) is -12.0. The fraction of sp³-hybridized carbons (Fsp3) is 0.297. The molecule has 19 heteroatoms. The number of methoxy groups -OCH3 is 2. The Bertz CT molecular complexity index is 2220. The van der Waals surface area contributed by atoms with Crippen molar-refractivity contribution >= 4 is 11.9 Å². The van der Waals surface area contributed by atoms with Crippen LogP contribution in [0.2, 0.25) is 0 Å². The molecule has 56 heavy (non-hydrogen) atoms. The number of carbonyl (C=O) groups is 2. The first-order valence-corrected chi connectivity index (χ1v) is 16.6. The van der Waals surface area contributed by atoms with Gasteiger partial charge < -0.3 is 85.0 Å². The molecule has 2 aliphatic heterocycles. The number of ether oxygens (including phenoxy) is 5. The highest BCUT2D eigenvalue weighted by Crippen LogP contribution is 2.53. The molecule has 0 aliphatic carbocycles. The van der Waals surface area contributed by atoms with Crippen molar-refractivity contribution < 1.29 is 94.6 Å². The summed E-state index contributed by atoms with van der Waals surface area (Å²) in [5.41, 5.74) is -3.05. The number of benzene rings is 4. The summed E-state index contributed by atoms with van der Waals surface area (Å²) in [7, 11) is 2.32. The molecule has 0 fully saturated rings. The third-order valence-electron chi connectivity index (χ3n) is 9.65. The number of hydrogen-bond donors (Lipinski definition) is 12. The Labute approximate surface area is 315 Å². The van der Waals surface area contributed by atoms with E-state index in [0.29, 0.717) is 12.1 Å². The summed E-state index contributed by atoms with van der Waals surface area (Å²) in [5, 5.41) is 127. The first kappa shape index (κ1) is 39.2. The van der Waals surface area contributed by atoms with Crippen LogP contribution in [-0.2, 0) is 31.8 Å². The van der Waals surface area contributed by atoms with Crippen molar-refractivity contribution in [2.24, 2.45) is 0 Å². The van der Waals surface area contributed by atoms with E-state index in [1.807, 2.05) is 0 Å². The molecule has 0 saturated carbocycles. The van der Waals surface area contributed by atoms with Crippen LogP contribution >= 0.6 is 0 Å². The topological polar surface area (TPSA) is 323 Å². The van der Waals surface area contributed by atoms with Crippen LogP contribution in [0, 0.1) is 0 Å². The number of aliphatic hydroxyl groups excluding tert-OH is 2. The minimum absolute atomic E-state index is 0.0308. The Morgan fingerprint density at radius 2 is 1.27 bits per heavy atom. The van der Waals surface area contributed by atoms with E-state index < -0.39 is 141 Å². The van der Waals surface area contributed by atoms with E-state index in [1.54, 1.807) is 0 Å². The van der Waals surface area contributed by atoms with E-state index in [-0.39, 0.29) is 28.9 Å². The lowest BCUT2D eigenvalue weighted by Gasteiger charge is -2.36. The molecule has 0 aromatic heterocycles. The normalized spacial score (nSPS) is 20.6. The lowest BCUT2D eigenvalue weighted by Crippen LogP contribution is -2.51. The van der Waals surface area contributed by atoms with Crippen LogP contribution < -0.4 is 4.74 Å². The first-order valence-electron chi connectivity index (χ1n) is 16.6. The zero-order chi connectivity index (χ0) is 40.9. The van der Waals surface area contributed by atoms with Gasteiger partial charge in [-0.3, -0.25) is 0 Å². The van der Waals surface area contributed by atoms with Crippen molar-refractivity contribution in [3.05, 3.63) is 64.2 Å². The molecule has 0 amide bonds. The number of phenols is 10. The molecular weight excluding hydrogens is 748 g/mol. The van der Waals surface area contributed by atoms with E-state index in [4.69, 9.17) is 23.7 Å². The van der Waals surface area contributed by atoms with Gasteiger partial charge in [-0.1, -0.05) is 6.07 Å². The molecule has 12 N–H and O–H groups in total. The average molecular weight is 785 g/mol. The first-order chi connectivity index (χ1) is 26.5. The van der Waals surface area contributed by atoms with Gasteiger partial charge in [-0.2, -0.15) is 0 Å². The molecule has 4 aromatic carbocycles. The minimum atomic E-state index is -1.96. The molecule has 2 aliphatic rings. The fourth-order valence-electron chi connectivity index (χ4n) is 6.82. The molecule has 0 saturated heterocycles. The number of fused-ring (bicyclic) bond motifs is 4. The number of esters is 2. The number of phenolic OH excluding ortho intramolecular Hbond substituents is 10. The minimum Gasteiger partial charge on any atom is -0.507 e. The van der Waals surface area contributed by atoms with Crippen LogP contribution in [0.1, 0.15) is 43.5 Å². The molecule has 6 atom stereocenters. The predicted molar refractivity (Wildman–Crippen MR) is 185 cm³/mol. The molecule has 4 aromatic rings. The van der Waals surface area contributed by atoms with Gasteiger partial charge in [0.05, 0.1) is 23.3 Å². The van der Waals surface area contributed by atoms with Crippen LogP contribution in [0.3, 0.4) is 0 Å². The van der Waals surface area contributed by atoms with Gasteiger partial charge in [-0.15, -0.1) is 0 Å². The van der Waals surface area contributed by atoms with Crippen LogP contribution in [0.25, 0.3) is 11.1 Å². The Kier molecular flexibility index (Phi) is 10.5. The summed E-state index contributed by atoms with van der Waals surface area (Å²) in [6, 6.07) is 5.91. The summed E-state index contributed by atoms with van der Waals surface area (Å²) in [6.07, 6.45) is -9.78. The van der Waals surface area contributed by atoms with Crippen molar-refractivity contribution in [1.82, 2.24) is 0 Å². The zero-order valence-electron chi connectivity index (χ0n) is 29.3. The lowest BCUT2D eigenvalue weighted by atomic mass is 9.89.